The standard InChI is InChI=1S/C20H25ClFN5O3/c1-3-30-20(29)14-11-23-25(2)19(14)24-18(28)13-27-9-7-26(8-10-27)12-15-16(21)5-4-6-17(15)22/h4-6,11H,3,7-10,12-13H2,1-2H3,(H,24,28). The van der Waals surface area contributed by atoms with Gasteiger partial charge in [-0.05, 0) is 19.1 Å². The fourth-order valence-electron chi connectivity index (χ4n) is 3.33. The van der Waals surface area contributed by atoms with Crippen LogP contribution in [0.1, 0.15) is 22.8 Å². The molecular weight excluding hydrogens is 413 g/mol. The summed E-state index contributed by atoms with van der Waals surface area (Å²) in [5.41, 5.74) is 0.715. The summed E-state index contributed by atoms with van der Waals surface area (Å²) in [7, 11) is 1.64. The highest BCUT2D eigenvalue weighted by Crippen LogP contribution is 2.21. The molecule has 0 atom stereocenters. The zero-order valence-electron chi connectivity index (χ0n) is 17.0. The van der Waals surface area contributed by atoms with E-state index in [2.05, 4.69) is 15.3 Å². The fraction of sp³-hybridized carbons (Fsp3) is 0.450. The quantitative estimate of drug-likeness (QED) is 0.668. The summed E-state index contributed by atoms with van der Waals surface area (Å²) in [6.45, 7) is 5.28. The van der Waals surface area contributed by atoms with E-state index in [0.717, 1.165) is 0 Å². The first-order valence-electron chi connectivity index (χ1n) is 9.75. The van der Waals surface area contributed by atoms with Gasteiger partial charge in [0.25, 0.3) is 0 Å². The second-order valence-corrected chi connectivity index (χ2v) is 7.46. The van der Waals surface area contributed by atoms with Crippen molar-refractivity contribution in [3.63, 3.8) is 0 Å². The molecule has 0 radical (unpaired) electrons. The van der Waals surface area contributed by atoms with E-state index >= 15 is 0 Å². The number of aromatic nitrogens is 2. The molecule has 1 aromatic heterocycles. The minimum atomic E-state index is -0.527. The van der Waals surface area contributed by atoms with Crippen LogP contribution >= 0.6 is 11.6 Å². The van der Waals surface area contributed by atoms with Crippen molar-refractivity contribution in [2.24, 2.45) is 7.05 Å². The number of ether oxygens (including phenoxy) is 1. The zero-order chi connectivity index (χ0) is 21.7. The SMILES string of the molecule is CCOC(=O)c1cnn(C)c1NC(=O)CN1CCN(Cc2c(F)cccc2Cl)CC1. The van der Waals surface area contributed by atoms with Crippen molar-refractivity contribution in [3.8, 4) is 0 Å². The highest BCUT2D eigenvalue weighted by molar-refractivity contribution is 6.31. The van der Waals surface area contributed by atoms with Crippen LogP contribution in [0.25, 0.3) is 0 Å². The van der Waals surface area contributed by atoms with Gasteiger partial charge < -0.3 is 10.1 Å². The summed E-state index contributed by atoms with van der Waals surface area (Å²) in [5.74, 6) is -0.764. The van der Waals surface area contributed by atoms with Crippen LogP contribution in [0.3, 0.4) is 0 Å². The van der Waals surface area contributed by atoms with Crippen molar-refractivity contribution in [1.29, 1.82) is 0 Å². The average molecular weight is 438 g/mol. The average Bonchev–Trinajstić information content (AvgIpc) is 3.07. The Morgan fingerprint density at radius 3 is 2.60 bits per heavy atom. The smallest absolute Gasteiger partial charge is 0.343 e. The maximum absolute atomic E-state index is 14.0. The van der Waals surface area contributed by atoms with Crippen molar-refractivity contribution in [2.75, 3.05) is 44.6 Å². The number of hydrogen-bond acceptors (Lipinski definition) is 6. The first-order chi connectivity index (χ1) is 14.4. The summed E-state index contributed by atoms with van der Waals surface area (Å²) >= 11 is 6.11. The molecule has 0 spiro atoms. The normalized spacial score (nSPS) is 15.2. The van der Waals surface area contributed by atoms with Crippen molar-refractivity contribution in [3.05, 3.63) is 46.4 Å². The topological polar surface area (TPSA) is 79.7 Å². The molecule has 2 heterocycles. The highest BCUT2D eigenvalue weighted by atomic mass is 35.5. The number of halogens is 2. The van der Waals surface area contributed by atoms with E-state index in [1.807, 2.05) is 4.90 Å². The minimum Gasteiger partial charge on any atom is -0.462 e. The number of anilines is 1. The molecular formula is C20H25ClFN5O3. The summed E-state index contributed by atoms with van der Waals surface area (Å²) in [6.07, 6.45) is 1.38. The van der Waals surface area contributed by atoms with Gasteiger partial charge in [-0.25, -0.2) is 9.18 Å². The number of carbonyl (C=O) groups excluding carboxylic acids is 2. The second-order valence-electron chi connectivity index (χ2n) is 7.05. The molecule has 3 rings (SSSR count). The third-order valence-electron chi connectivity index (χ3n) is 4.97. The number of nitrogens with zero attached hydrogens (tertiary/aromatic N) is 4. The fourth-order valence-corrected chi connectivity index (χ4v) is 3.55. The number of aryl methyl sites for hydroxylation is 1. The Morgan fingerprint density at radius 1 is 1.23 bits per heavy atom. The molecule has 30 heavy (non-hydrogen) atoms. The lowest BCUT2D eigenvalue weighted by Crippen LogP contribution is -2.48. The molecule has 1 saturated heterocycles. The van der Waals surface area contributed by atoms with Gasteiger partial charge in [-0.1, -0.05) is 17.7 Å². The Kier molecular flexibility index (Phi) is 7.41. The number of nitrogens with one attached hydrogen (secondary N) is 1. The van der Waals surface area contributed by atoms with E-state index in [-0.39, 0.29) is 30.4 Å². The monoisotopic (exact) mass is 437 g/mol. The molecule has 0 unspecified atom stereocenters. The lowest BCUT2D eigenvalue weighted by atomic mass is 10.2. The largest absolute Gasteiger partial charge is 0.462 e. The molecule has 1 amide bonds. The van der Waals surface area contributed by atoms with Gasteiger partial charge in [-0.3, -0.25) is 19.3 Å². The molecule has 162 valence electrons. The van der Waals surface area contributed by atoms with Crippen molar-refractivity contribution < 1.29 is 18.7 Å². The van der Waals surface area contributed by atoms with Crippen LogP contribution in [-0.2, 0) is 23.1 Å². The molecule has 1 fully saturated rings. The van der Waals surface area contributed by atoms with Crippen molar-refractivity contribution in [2.45, 2.75) is 13.5 Å². The van der Waals surface area contributed by atoms with Crippen LogP contribution in [0.5, 0.6) is 0 Å². The van der Waals surface area contributed by atoms with Crippen molar-refractivity contribution in [1.82, 2.24) is 19.6 Å². The lowest BCUT2D eigenvalue weighted by molar-refractivity contribution is -0.117. The molecule has 1 aliphatic rings. The van der Waals surface area contributed by atoms with Gasteiger partial charge in [-0.2, -0.15) is 5.10 Å². The number of carbonyl (C=O) groups is 2. The van der Waals surface area contributed by atoms with Crippen LogP contribution in [-0.4, -0.2) is 70.8 Å². The van der Waals surface area contributed by atoms with Gasteiger partial charge in [0.15, 0.2) is 0 Å². The molecule has 0 saturated carbocycles. The molecule has 1 aromatic carbocycles. The van der Waals surface area contributed by atoms with Crippen LogP contribution < -0.4 is 5.32 Å². The van der Waals surface area contributed by atoms with Crippen LogP contribution in [0.4, 0.5) is 10.2 Å². The number of hydrogen-bond donors (Lipinski definition) is 1. The van der Waals surface area contributed by atoms with Crippen LogP contribution in [0.15, 0.2) is 24.4 Å². The molecule has 0 bridgehead atoms. The predicted molar refractivity (Wildman–Crippen MR) is 111 cm³/mol. The van der Waals surface area contributed by atoms with E-state index in [9.17, 15) is 14.0 Å². The Bertz CT molecular complexity index is 892. The highest BCUT2D eigenvalue weighted by Gasteiger charge is 2.23. The van der Waals surface area contributed by atoms with E-state index in [0.29, 0.717) is 49.1 Å². The van der Waals surface area contributed by atoms with Gasteiger partial charge in [0.1, 0.15) is 17.2 Å². The number of rotatable bonds is 7. The van der Waals surface area contributed by atoms with Crippen LogP contribution in [0.2, 0.25) is 5.02 Å². The van der Waals surface area contributed by atoms with Gasteiger partial charge in [0.2, 0.25) is 5.91 Å². The first-order valence-corrected chi connectivity index (χ1v) is 10.1. The second kappa shape index (κ2) is 10.0. The van der Waals surface area contributed by atoms with Gasteiger partial charge in [0, 0.05) is 50.4 Å². The maximum atomic E-state index is 14.0. The van der Waals surface area contributed by atoms with Gasteiger partial charge in [-0.15, -0.1) is 0 Å². The number of benzene rings is 1. The van der Waals surface area contributed by atoms with E-state index in [4.69, 9.17) is 16.3 Å². The Morgan fingerprint density at radius 2 is 1.93 bits per heavy atom. The Hall–Kier alpha value is -2.49. The summed E-state index contributed by atoms with van der Waals surface area (Å²) in [6, 6.07) is 4.68. The Balaban J connectivity index is 1.51. The summed E-state index contributed by atoms with van der Waals surface area (Å²) in [4.78, 5) is 28.6. The molecule has 1 aliphatic heterocycles. The van der Waals surface area contributed by atoms with Crippen LogP contribution in [0, 0.1) is 5.82 Å². The van der Waals surface area contributed by atoms with Gasteiger partial charge >= 0.3 is 5.97 Å². The predicted octanol–water partition coefficient (Wildman–Crippen LogP) is 2.15. The van der Waals surface area contributed by atoms with E-state index < -0.39 is 5.97 Å². The molecule has 2 aromatic rings. The van der Waals surface area contributed by atoms with E-state index in [1.54, 1.807) is 26.1 Å². The number of piperazine rings is 1. The maximum Gasteiger partial charge on any atom is 0.343 e. The summed E-state index contributed by atoms with van der Waals surface area (Å²) in [5, 5.41) is 7.19. The molecule has 0 aliphatic carbocycles. The Labute approximate surface area is 179 Å². The molecule has 10 heteroatoms. The van der Waals surface area contributed by atoms with E-state index in [1.165, 1.54) is 16.9 Å². The number of amides is 1. The zero-order valence-corrected chi connectivity index (χ0v) is 17.8. The minimum absolute atomic E-state index is 0.182. The summed E-state index contributed by atoms with van der Waals surface area (Å²) < 4.78 is 20.4. The van der Waals surface area contributed by atoms with Gasteiger partial charge in [0.05, 0.1) is 19.3 Å². The third kappa shape index (κ3) is 5.35. The third-order valence-corrected chi connectivity index (χ3v) is 5.32. The molecule has 8 nitrogen and oxygen atoms in total. The first kappa shape index (κ1) is 22.2. The molecule has 1 N–H and O–H groups in total. The number of esters is 1. The lowest BCUT2D eigenvalue weighted by Gasteiger charge is -2.34. The van der Waals surface area contributed by atoms with Crippen molar-refractivity contribution >= 4 is 29.3 Å².